The second-order valence-electron chi connectivity index (χ2n) is 4.14. The van der Waals surface area contributed by atoms with E-state index in [1.165, 1.54) is 0 Å². The largest absolute Gasteiger partial charge is 0.386 e. The van der Waals surface area contributed by atoms with Crippen LogP contribution in [0.1, 0.15) is 42.3 Å². The smallest absolute Gasteiger partial charge is 0.159 e. The number of hydrogen-bond acceptors (Lipinski definition) is 2. The fourth-order valence-corrected chi connectivity index (χ4v) is 1.57. The van der Waals surface area contributed by atoms with Gasteiger partial charge in [0.25, 0.3) is 0 Å². The normalized spacial score (nSPS) is 11.5. The van der Waals surface area contributed by atoms with Gasteiger partial charge in [0.15, 0.2) is 5.78 Å². The van der Waals surface area contributed by atoms with E-state index < -0.39 is 5.60 Å². The van der Waals surface area contributed by atoms with E-state index in [2.05, 4.69) is 0 Å². The Labute approximate surface area is 84.6 Å². The molecule has 0 aliphatic heterocycles. The zero-order chi connectivity index (χ0) is 10.9. The van der Waals surface area contributed by atoms with Crippen molar-refractivity contribution < 1.29 is 9.90 Å². The molecular weight excluding hydrogens is 176 g/mol. The summed E-state index contributed by atoms with van der Waals surface area (Å²) in [5.41, 5.74) is 1.66. The van der Waals surface area contributed by atoms with E-state index in [-0.39, 0.29) is 5.78 Å². The highest BCUT2D eigenvalue weighted by Crippen LogP contribution is 2.24. The minimum atomic E-state index is -0.848. The molecule has 1 N–H and O–H groups in total. The molecular formula is C12H16O2. The van der Waals surface area contributed by atoms with E-state index in [9.17, 15) is 9.90 Å². The summed E-state index contributed by atoms with van der Waals surface area (Å²) in [4.78, 5) is 11.1. The third kappa shape index (κ3) is 2.20. The van der Waals surface area contributed by atoms with Crippen LogP contribution in [0, 0.1) is 6.92 Å². The average molecular weight is 192 g/mol. The topological polar surface area (TPSA) is 37.3 Å². The third-order valence-corrected chi connectivity index (χ3v) is 2.29. The number of aryl methyl sites for hydroxylation is 1. The van der Waals surface area contributed by atoms with Gasteiger partial charge < -0.3 is 5.11 Å². The summed E-state index contributed by atoms with van der Waals surface area (Å²) in [5, 5.41) is 9.81. The number of rotatable bonds is 2. The van der Waals surface area contributed by atoms with Crippen LogP contribution in [0.4, 0.5) is 0 Å². The zero-order valence-electron chi connectivity index (χ0n) is 9.09. The predicted molar refractivity (Wildman–Crippen MR) is 56.4 cm³/mol. The van der Waals surface area contributed by atoms with Crippen molar-refractivity contribution in [2.45, 2.75) is 33.3 Å². The zero-order valence-corrected chi connectivity index (χ0v) is 9.09. The van der Waals surface area contributed by atoms with Crippen molar-refractivity contribution in [3.63, 3.8) is 0 Å². The molecule has 0 saturated heterocycles. The Bertz CT molecular complexity index is 359. The molecule has 0 spiro atoms. The number of carbonyl (C=O) groups excluding carboxylic acids is 1. The van der Waals surface area contributed by atoms with Crippen LogP contribution in [-0.2, 0) is 5.60 Å². The lowest BCUT2D eigenvalue weighted by atomic mass is 9.92. The van der Waals surface area contributed by atoms with Gasteiger partial charge >= 0.3 is 0 Å². The molecule has 0 bridgehead atoms. The number of carbonyl (C=O) groups is 1. The first-order valence-corrected chi connectivity index (χ1v) is 4.67. The summed E-state index contributed by atoms with van der Waals surface area (Å²) in [6.07, 6.45) is 0. The van der Waals surface area contributed by atoms with Crippen molar-refractivity contribution in [2.75, 3.05) is 0 Å². The minimum Gasteiger partial charge on any atom is -0.386 e. The third-order valence-electron chi connectivity index (χ3n) is 2.29. The molecule has 0 radical (unpaired) electrons. The maximum Gasteiger partial charge on any atom is 0.159 e. The van der Waals surface area contributed by atoms with Gasteiger partial charge in [0.2, 0.25) is 0 Å². The molecule has 14 heavy (non-hydrogen) atoms. The van der Waals surface area contributed by atoms with Crippen molar-refractivity contribution in [1.29, 1.82) is 0 Å². The van der Waals surface area contributed by atoms with Gasteiger partial charge in [0.1, 0.15) is 0 Å². The molecule has 2 heteroatoms. The van der Waals surface area contributed by atoms with Crippen LogP contribution in [0.3, 0.4) is 0 Å². The van der Waals surface area contributed by atoms with Crippen molar-refractivity contribution >= 4 is 5.78 Å². The van der Waals surface area contributed by atoms with E-state index in [1.807, 2.05) is 19.1 Å². The first-order chi connectivity index (χ1) is 6.32. The van der Waals surface area contributed by atoms with Crippen molar-refractivity contribution in [3.8, 4) is 0 Å². The van der Waals surface area contributed by atoms with E-state index in [1.54, 1.807) is 26.8 Å². The summed E-state index contributed by atoms with van der Waals surface area (Å²) in [5.74, 6) is 0.0513. The molecule has 0 aliphatic rings. The van der Waals surface area contributed by atoms with Crippen LogP contribution in [0.25, 0.3) is 0 Å². The van der Waals surface area contributed by atoms with Crippen LogP contribution in [0.2, 0.25) is 0 Å². The van der Waals surface area contributed by atoms with Crippen molar-refractivity contribution in [1.82, 2.24) is 0 Å². The van der Waals surface area contributed by atoms with Crippen LogP contribution >= 0.6 is 0 Å². The van der Waals surface area contributed by atoms with Gasteiger partial charge in [-0.15, -0.1) is 0 Å². The minimum absolute atomic E-state index is 0.0513. The fraction of sp³-hybridized carbons (Fsp3) is 0.417. The van der Waals surface area contributed by atoms with Gasteiger partial charge in [-0.05, 0) is 44.9 Å². The Morgan fingerprint density at radius 2 is 1.93 bits per heavy atom. The monoisotopic (exact) mass is 192 g/mol. The Kier molecular flexibility index (Phi) is 2.76. The summed E-state index contributed by atoms with van der Waals surface area (Å²) in [6.45, 7) is 6.92. The molecule has 0 heterocycles. The van der Waals surface area contributed by atoms with Crippen LogP contribution in [-0.4, -0.2) is 10.9 Å². The summed E-state index contributed by atoms with van der Waals surface area (Å²) in [6, 6.07) is 5.38. The van der Waals surface area contributed by atoms with Gasteiger partial charge in [-0.25, -0.2) is 0 Å². The Balaban J connectivity index is 3.21. The molecule has 0 atom stereocenters. The van der Waals surface area contributed by atoms with Crippen LogP contribution < -0.4 is 0 Å². The maximum atomic E-state index is 11.1. The molecule has 1 rings (SSSR count). The summed E-state index contributed by atoms with van der Waals surface area (Å²) < 4.78 is 0. The highest BCUT2D eigenvalue weighted by atomic mass is 16.3. The van der Waals surface area contributed by atoms with E-state index >= 15 is 0 Å². The summed E-state index contributed by atoms with van der Waals surface area (Å²) in [7, 11) is 0. The van der Waals surface area contributed by atoms with Crippen molar-refractivity contribution in [3.05, 3.63) is 34.9 Å². The molecule has 76 valence electrons. The Morgan fingerprint density at radius 3 is 2.29 bits per heavy atom. The number of benzene rings is 1. The van der Waals surface area contributed by atoms with E-state index in [0.29, 0.717) is 5.56 Å². The number of hydrogen-bond donors (Lipinski definition) is 1. The number of Topliss-reactive ketones (excluding diaryl/α,β-unsaturated/α-hetero) is 1. The van der Waals surface area contributed by atoms with E-state index in [4.69, 9.17) is 0 Å². The second kappa shape index (κ2) is 3.54. The van der Waals surface area contributed by atoms with Crippen molar-refractivity contribution in [2.24, 2.45) is 0 Å². The molecule has 0 aliphatic carbocycles. The maximum absolute atomic E-state index is 11.1. The number of ketones is 1. The quantitative estimate of drug-likeness (QED) is 0.731. The highest BCUT2D eigenvalue weighted by Gasteiger charge is 2.18. The highest BCUT2D eigenvalue weighted by molar-refractivity contribution is 5.94. The van der Waals surface area contributed by atoms with Crippen LogP contribution in [0.15, 0.2) is 18.2 Å². The molecule has 1 aromatic rings. The lowest BCUT2D eigenvalue weighted by Gasteiger charge is -2.20. The Morgan fingerprint density at radius 1 is 1.36 bits per heavy atom. The molecule has 2 nitrogen and oxygen atoms in total. The molecule has 0 aromatic heterocycles. The molecule has 0 amide bonds. The first kappa shape index (κ1) is 10.9. The van der Waals surface area contributed by atoms with Gasteiger partial charge in [0.05, 0.1) is 5.60 Å². The molecule has 0 saturated carbocycles. The molecule has 0 unspecified atom stereocenters. The van der Waals surface area contributed by atoms with Gasteiger partial charge in [-0.1, -0.05) is 12.1 Å². The SMILES string of the molecule is CC(=O)c1ccc(C(C)(C)O)c(C)c1. The first-order valence-electron chi connectivity index (χ1n) is 4.67. The van der Waals surface area contributed by atoms with Gasteiger partial charge in [-0.3, -0.25) is 4.79 Å². The van der Waals surface area contributed by atoms with Gasteiger partial charge in [-0.2, -0.15) is 0 Å². The van der Waals surface area contributed by atoms with Crippen LogP contribution in [0.5, 0.6) is 0 Å². The standard InChI is InChI=1S/C12H16O2/c1-8-7-10(9(2)13)5-6-11(8)12(3,4)14/h5-7,14H,1-4H3. The fourth-order valence-electron chi connectivity index (χ4n) is 1.57. The lowest BCUT2D eigenvalue weighted by molar-refractivity contribution is 0.0778. The second-order valence-corrected chi connectivity index (χ2v) is 4.14. The lowest BCUT2D eigenvalue weighted by Crippen LogP contribution is -2.17. The summed E-state index contributed by atoms with van der Waals surface area (Å²) >= 11 is 0. The average Bonchev–Trinajstić information content (AvgIpc) is 2.01. The predicted octanol–water partition coefficient (Wildman–Crippen LogP) is 2.43. The van der Waals surface area contributed by atoms with E-state index in [0.717, 1.165) is 11.1 Å². The Hall–Kier alpha value is -1.15. The number of aliphatic hydroxyl groups is 1. The van der Waals surface area contributed by atoms with Gasteiger partial charge in [0, 0.05) is 5.56 Å². The molecule has 0 fully saturated rings. The molecule has 1 aromatic carbocycles.